The Morgan fingerprint density at radius 3 is 2.31 bits per heavy atom. The smallest absolute Gasteiger partial charge is 0.276 e. The van der Waals surface area contributed by atoms with E-state index in [-0.39, 0.29) is 35.7 Å². The maximum Gasteiger partial charge on any atom is 0.276 e. The van der Waals surface area contributed by atoms with Gasteiger partial charge in [-0.15, -0.1) is 0 Å². The molecule has 0 unspecified atom stereocenters. The molecule has 2 aromatic carbocycles. The number of rotatable bonds is 8. The summed E-state index contributed by atoms with van der Waals surface area (Å²) in [5.74, 6) is 0.0943. The fourth-order valence-corrected chi connectivity index (χ4v) is 2.72. The molecular formula is C21H24N4O6S. The first-order chi connectivity index (χ1) is 15.2. The number of benzene rings is 2. The standard InChI is InChI=1S/C21H24N4O6S/c1-13(2)17-9-4-14(3)10-18(17)31-12-20(27)23-24-21(32)22-19(26)11-30-16-7-5-15(6-8-16)25(28)29/h4-10,13H,11-12H2,1-3H3,(H,23,27)(H2,22,24,26,32). The number of nitro benzene ring substituents is 1. The van der Waals surface area contributed by atoms with E-state index in [0.29, 0.717) is 5.75 Å². The Hall–Kier alpha value is -3.73. The molecule has 2 amide bonds. The van der Waals surface area contributed by atoms with Crippen LogP contribution in [-0.2, 0) is 9.59 Å². The third-order valence-corrected chi connectivity index (χ3v) is 4.34. The first-order valence-electron chi connectivity index (χ1n) is 9.65. The fraction of sp³-hybridized carbons (Fsp3) is 0.286. The molecule has 10 nitrogen and oxygen atoms in total. The van der Waals surface area contributed by atoms with E-state index in [2.05, 4.69) is 16.2 Å². The minimum atomic E-state index is -0.576. The van der Waals surface area contributed by atoms with Gasteiger partial charge >= 0.3 is 0 Å². The summed E-state index contributed by atoms with van der Waals surface area (Å²) in [6.45, 7) is 5.39. The van der Waals surface area contributed by atoms with Crippen molar-refractivity contribution in [3.63, 3.8) is 0 Å². The number of hydrazine groups is 1. The Balaban J connectivity index is 1.72. The summed E-state index contributed by atoms with van der Waals surface area (Å²) in [7, 11) is 0. The molecule has 0 spiro atoms. The lowest BCUT2D eigenvalue weighted by molar-refractivity contribution is -0.384. The molecule has 0 bridgehead atoms. The molecule has 0 saturated heterocycles. The lowest BCUT2D eigenvalue weighted by Gasteiger charge is -2.15. The zero-order chi connectivity index (χ0) is 23.7. The maximum atomic E-state index is 12.0. The van der Waals surface area contributed by atoms with E-state index >= 15 is 0 Å². The molecule has 2 rings (SSSR count). The number of thiocarbonyl (C=S) groups is 1. The average molecular weight is 461 g/mol. The number of nitrogens with one attached hydrogen (secondary N) is 3. The van der Waals surface area contributed by atoms with Crippen LogP contribution in [0.3, 0.4) is 0 Å². The Morgan fingerprint density at radius 2 is 1.69 bits per heavy atom. The van der Waals surface area contributed by atoms with Crippen molar-refractivity contribution in [2.75, 3.05) is 13.2 Å². The molecule has 2 aromatic rings. The Kier molecular flexibility index (Phi) is 8.90. The van der Waals surface area contributed by atoms with Crippen LogP contribution in [0.2, 0.25) is 0 Å². The van der Waals surface area contributed by atoms with Crippen LogP contribution in [0.5, 0.6) is 11.5 Å². The minimum absolute atomic E-state index is 0.0882. The van der Waals surface area contributed by atoms with Crippen LogP contribution >= 0.6 is 12.2 Å². The van der Waals surface area contributed by atoms with Crippen LogP contribution < -0.4 is 25.6 Å². The summed E-state index contributed by atoms with van der Waals surface area (Å²) < 4.78 is 10.8. The van der Waals surface area contributed by atoms with Crippen molar-refractivity contribution in [3.8, 4) is 11.5 Å². The number of amides is 2. The number of hydrogen-bond donors (Lipinski definition) is 3. The van der Waals surface area contributed by atoms with Crippen LogP contribution in [0.4, 0.5) is 5.69 Å². The van der Waals surface area contributed by atoms with E-state index in [1.54, 1.807) is 0 Å². The molecule has 0 fully saturated rings. The molecule has 32 heavy (non-hydrogen) atoms. The SMILES string of the molecule is Cc1ccc(C(C)C)c(OCC(=O)NNC(=S)NC(=O)COc2ccc([N+](=O)[O-])cc2)c1. The molecule has 3 N–H and O–H groups in total. The van der Waals surface area contributed by atoms with Gasteiger partial charge < -0.3 is 9.47 Å². The zero-order valence-electron chi connectivity index (χ0n) is 17.8. The summed E-state index contributed by atoms with van der Waals surface area (Å²) >= 11 is 4.95. The van der Waals surface area contributed by atoms with E-state index in [4.69, 9.17) is 21.7 Å². The summed E-state index contributed by atoms with van der Waals surface area (Å²) in [4.78, 5) is 34.0. The van der Waals surface area contributed by atoms with E-state index < -0.39 is 16.7 Å². The molecule has 11 heteroatoms. The van der Waals surface area contributed by atoms with Gasteiger partial charge in [0.1, 0.15) is 11.5 Å². The molecule has 0 aliphatic carbocycles. The molecule has 0 aliphatic rings. The first-order valence-corrected chi connectivity index (χ1v) is 10.1. The van der Waals surface area contributed by atoms with Gasteiger partial charge in [0, 0.05) is 12.1 Å². The number of ether oxygens (including phenoxy) is 2. The molecule has 0 aliphatic heterocycles. The van der Waals surface area contributed by atoms with Gasteiger partial charge in [-0.1, -0.05) is 26.0 Å². The largest absolute Gasteiger partial charge is 0.484 e. The average Bonchev–Trinajstić information content (AvgIpc) is 2.75. The quantitative estimate of drug-likeness (QED) is 0.311. The van der Waals surface area contributed by atoms with E-state index in [9.17, 15) is 19.7 Å². The summed E-state index contributed by atoms with van der Waals surface area (Å²) in [6.07, 6.45) is 0. The van der Waals surface area contributed by atoms with Crippen molar-refractivity contribution in [1.29, 1.82) is 0 Å². The lowest BCUT2D eigenvalue weighted by Crippen LogP contribution is -2.50. The topological polar surface area (TPSA) is 132 Å². The zero-order valence-corrected chi connectivity index (χ0v) is 18.7. The Morgan fingerprint density at radius 1 is 1.03 bits per heavy atom. The second kappa shape index (κ2) is 11.6. The van der Waals surface area contributed by atoms with Crippen molar-refractivity contribution < 1.29 is 24.0 Å². The predicted octanol–water partition coefficient (Wildman–Crippen LogP) is 2.51. The molecule has 170 valence electrons. The van der Waals surface area contributed by atoms with Crippen LogP contribution in [-0.4, -0.2) is 35.1 Å². The second-order valence-electron chi connectivity index (χ2n) is 7.07. The number of nitrogens with zero attached hydrogens (tertiary/aromatic N) is 1. The molecule has 0 heterocycles. The van der Waals surface area contributed by atoms with Crippen LogP contribution in [0, 0.1) is 17.0 Å². The van der Waals surface area contributed by atoms with Gasteiger partial charge in [-0.3, -0.25) is 35.9 Å². The number of aryl methyl sites for hydroxylation is 1. The maximum absolute atomic E-state index is 12.0. The van der Waals surface area contributed by atoms with E-state index in [0.717, 1.165) is 11.1 Å². The molecule has 0 aromatic heterocycles. The highest BCUT2D eigenvalue weighted by molar-refractivity contribution is 7.80. The molecule has 0 saturated carbocycles. The van der Waals surface area contributed by atoms with Crippen molar-refractivity contribution in [2.45, 2.75) is 26.7 Å². The second-order valence-corrected chi connectivity index (χ2v) is 7.48. The van der Waals surface area contributed by atoms with Gasteiger partial charge in [0.25, 0.3) is 17.5 Å². The third kappa shape index (κ3) is 7.84. The molecule has 0 radical (unpaired) electrons. The first kappa shape index (κ1) is 24.5. The van der Waals surface area contributed by atoms with Gasteiger partial charge in [0.05, 0.1) is 4.92 Å². The predicted molar refractivity (Wildman–Crippen MR) is 121 cm³/mol. The minimum Gasteiger partial charge on any atom is -0.484 e. The number of carbonyl (C=O) groups excluding carboxylic acids is 2. The lowest BCUT2D eigenvalue weighted by atomic mass is 10.0. The van der Waals surface area contributed by atoms with Gasteiger partial charge in [-0.25, -0.2) is 0 Å². The third-order valence-electron chi connectivity index (χ3n) is 4.14. The van der Waals surface area contributed by atoms with Gasteiger partial charge in [-0.2, -0.15) is 0 Å². The van der Waals surface area contributed by atoms with Crippen molar-refractivity contribution in [3.05, 3.63) is 63.7 Å². The van der Waals surface area contributed by atoms with Gasteiger partial charge in [0.15, 0.2) is 18.3 Å². The summed E-state index contributed by atoms with van der Waals surface area (Å²) in [6, 6.07) is 11.1. The molecular weight excluding hydrogens is 436 g/mol. The Labute approximate surface area is 190 Å². The van der Waals surface area contributed by atoms with E-state index in [1.807, 2.05) is 39.0 Å². The highest BCUT2D eigenvalue weighted by Crippen LogP contribution is 2.27. The van der Waals surface area contributed by atoms with Crippen LogP contribution in [0.15, 0.2) is 42.5 Å². The Bertz CT molecular complexity index is 994. The number of non-ortho nitro benzene ring substituents is 1. The monoisotopic (exact) mass is 460 g/mol. The van der Waals surface area contributed by atoms with Gasteiger partial charge in [0.2, 0.25) is 0 Å². The van der Waals surface area contributed by atoms with Crippen molar-refractivity contribution in [2.24, 2.45) is 0 Å². The van der Waals surface area contributed by atoms with Crippen LogP contribution in [0.1, 0.15) is 30.9 Å². The highest BCUT2D eigenvalue weighted by Gasteiger charge is 2.12. The number of carbonyl (C=O) groups is 2. The number of nitro groups is 1. The van der Waals surface area contributed by atoms with Crippen molar-refractivity contribution >= 4 is 34.8 Å². The summed E-state index contributed by atoms with van der Waals surface area (Å²) in [5, 5.41) is 12.8. The van der Waals surface area contributed by atoms with E-state index in [1.165, 1.54) is 24.3 Å². The van der Waals surface area contributed by atoms with Crippen molar-refractivity contribution in [1.82, 2.24) is 16.2 Å². The number of hydrogen-bond acceptors (Lipinski definition) is 7. The van der Waals surface area contributed by atoms with Gasteiger partial charge in [-0.05, 0) is 54.4 Å². The normalized spacial score (nSPS) is 10.2. The highest BCUT2D eigenvalue weighted by atomic mass is 32.1. The fourth-order valence-electron chi connectivity index (χ4n) is 2.56. The van der Waals surface area contributed by atoms with Crippen LogP contribution in [0.25, 0.3) is 0 Å². The summed E-state index contributed by atoms with van der Waals surface area (Å²) in [5.41, 5.74) is 6.66. The molecule has 0 atom stereocenters.